The monoisotopic (exact) mass is 258 g/mol. The van der Waals surface area contributed by atoms with Crippen LogP contribution in [0.4, 0.5) is 0 Å². The average molecular weight is 259 g/mol. The van der Waals surface area contributed by atoms with Crippen LogP contribution in [0.2, 0.25) is 0 Å². The molecular formula is C10H15BrN2O. The average Bonchev–Trinajstić information content (AvgIpc) is 2.86. The van der Waals surface area contributed by atoms with E-state index < -0.39 is 0 Å². The molecule has 78 valence electrons. The van der Waals surface area contributed by atoms with Gasteiger partial charge < -0.3 is 4.74 Å². The van der Waals surface area contributed by atoms with Crippen LogP contribution < -0.4 is 4.74 Å². The molecule has 1 saturated carbocycles. The van der Waals surface area contributed by atoms with Crippen LogP contribution in [0.5, 0.6) is 5.88 Å². The molecule has 3 nitrogen and oxygen atoms in total. The van der Waals surface area contributed by atoms with Crippen LogP contribution in [-0.2, 0) is 7.05 Å². The first-order chi connectivity index (χ1) is 6.69. The van der Waals surface area contributed by atoms with Gasteiger partial charge in [0.1, 0.15) is 0 Å². The molecule has 2 unspecified atom stereocenters. The number of rotatable bonds is 3. The van der Waals surface area contributed by atoms with Crippen LogP contribution in [0.1, 0.15) is 23.6 Å². The minimum atomic E-state index is 0.651. The van der Waals surface area contributed by atoms with Crippen molar-refractivity contribution in [3.63, 3.8) is 0 Å². The molecule has 1 aromatic heterocycles. The lowest BCUT2D eigenvalue weighted by Crippen LogP contribution is -1.96. The van der Waals surface area contributed by atoms with Crippen molar-refractivity contribution in [2.75, 3.05) is 12.4 Å². The number of alkyl halides is 1. The van der Waals surface area contributed by atoms with Crippen molar-refractivity contribution in [1.82, 2.24) is 9.78 Å². The van der Waals surface area contributed by atoms with E-state index in [9.17, 15) is 0 Å². The van der Waals surface area contributed by atoms with Crippen molar-refractivity contribution < 1.29 is 4.74 Å². The maximum Gasteiger partial charge on any atom is 0.215 e. The highest BCUT2D eigenvalue weighted by molar-refractivity contribution is 9.09. The Kier molecular flexibility index (Phi) is 2.56. The Morgan fingerprint density at radius 2 is 2.36 bits per heavy atom. The fourth-order valence-corrected chi connectivity index (χ4v) is 2.81. The molecule has 1 heterocycles. The minimum Gasteiger partial charge on any atom is -0.481 e. The standard InChI is InChI=1S/C10H15BrN2O/c1-6-9(8-4-7(8)5-11)10(14-3)13(2)12-6/h7-8H,4-5H2,1-3H3. The topological polar surface area (TPSA) is 27.1 Å². The number of ether oxygens (including phenoxy) is 1. The highest BCUT2D eigenvalue weighted by Crippen LogP contribution is 2.52. The Labute approximate surface area is 92.6 Å². The highest BCUT2D eigenvalue weighted by atomic mass is 79.9. The molecule has 0 aromatic carbocycles. The lowest BCUT2D eigenvalue weighted by atomic mass is 10.1. The van der Waals surface area contributed by atoms with Gasteiger partial charge >= 0.3 is 0 Å². The normalized spacial score (nSPS) is 25.1. The van der Waals surface area contributed by atoms with Gasteiger partial charge in [0.2, 0.25) is 5.88 Å². The number of nitrogens with zero attached hydrogens (tertiary/aromatic N) is 2. The smallest absolute Gasteiger partial charge is 0.215 e. The summed E-state index contributed by atoms with van der Waals surface area (Å²) in [6.45, 7) is 2.06. The molecule has 4 heteroatoms. The summed E-state index contributed by atoms with van der Waals surface area (Å²) in [4.78, 5) is 0. The number of hydrogen-bond donors (Lipinski definition) is 0. The molecule has 0 radical (unpaired) electrons. The molecule has 2 rings (SSSR count). The molecular weight excluding hydrogens is 244 g/mol. The quantitative estimate of drug-likeness (QED) is 0.778. The van der Waals surface area contributed by atoms with Crippen LogP contribution in [0.15, 0.2) is 0 Å². The summed E-state index contributed by atoms with van der Waals surface area (Å²) in [6, 6.07) is 0. The number of aryl methyl sites for hydroxylation is 2. The molecule has 0 N–H and O–H groups in total. The Balaban J connectivity index is 2.32. The van der Waals surface area contributed by atoms with E-state index >= 15 is 0 Å². The van der Waals surface area contributed by atoms with Gasteiger partial charge in [-0.2, -0.15) is 5.10 Å². The molecule has 0 saturated heterocycles. The number of aromatic nitrogens is 2. The van der Waals surface area contributed by atoms with Gasteiger partial charge in [-0.15, -0.1) is 0 Å². The first-order valence-electron chi connectivity index (χ1n) is 4.82. The molecule has 1 aromatic rings. The summed E-state index contributed by atoms with van der Waals surface area (Å²) in [5, 5.41) is 5.47. The van der Waals surface area contributed by atoms with E-state index in [1.54, 1.807) is 7.11 Å². The summed E-state index contributed by atoms with van der Waals surface area (Å²) in [5.41, 5.74) is 2.41. The van der Waals surface area contributed by atoms with Crippen LogP contribution in [0, 0.1) is 12.8 Å². The number of halogens is 1. The number of hydrogen-bond acceptors (Lipinski definition) is 2. The highest BCUT2D eigenvalue weighted by Gasteiger charge is 2.41. The van der Waals surface area contributed by atoms with E-state index in [-0.39, 0.29) is 0 Å². The van der Waals surface area contributed by atoms with Crippen LogP contribution in [0.25, 0.3) is 0 Å². The maximum atomic E-state index is 5.38. The molecule has 1 aliphatic rings. The van der Waals surface area contributed by atoms with Gasteiger partial charge in [0.25, 0.3) is 0 Å². The SMILES string of the molecule is COc1c(C2CC2CBr)c(C)nn1C. The van der Waals surface area contributed by atoms with Gasteiger partial charge in [-0.1, -0.05) is 15.9 Å². The maximum absolute atomic E-state index is 5.38. The van der Waals surface area contributed by atoms with E-state index in [1.165, 1.54) is 12.0 Å². The molecule has 0 bridgehead atoms. The zero-order valence-electron chi connectivity index (χ0n) is 8.75. The molecule has 2 atom stereocenters. The second kappa shape index (κ2) is 3.57. The summed E-state index contributed by atoms with van der Waals surface area (Å²) < 4.78 is 7.20. The van der Waals surface area contributed by atoms with Crippen molar-refractivity contribution >= 4 is 15.9 Å². The van der Waals surface area contributed by atoms with Crippen molar-refractivity contribution in [1.29, 1.82) is 0 Å². The molecule has 14 heavy (non-hydrogen) atoms. The fraction of sp³-hybridized carbons (Fsp3) is 0.700. The van der Waals surface area contributed by atoms with E-state index in [1.807, 2.05) is 11.7 Å². The summed E-state index contributed by atoms with van der Waals surface area (Å²) in [6.07, 6.45) is 1.26. The summed E-state index contributed by atoms with van der Waals surface area (Å²) >= 11 is 3.52. The largest absolute Gasteiger partial charge is 0.481 e. The second-order valence-electron chi connectivity index (χ2n) is 3.89. The molecule has 1 fully saturated rings. The van der Waals surface area contributed by atoms with Crippen LogP contribution in [0.3, 0.4) is 0 Å². The van der Waals surface area contributed by atoms with Gasteiger partial charge in [0.15, 0.2) is 0 Å². The second-order valence-corrected chi connectivity index (χ2v) is 4.54. The van der Waals surface area contributed by atoms with Crippen LogP contribution in [-0.4, -0.2) is 22.2 Å². The molecule has 0 aliphatic heterocycles. The lowest BCUT2D eigenvalue weighted by molar-refractivity contribution is 0.369. The lowest BCUT2D eigenvalue weighted by Gasteiger charge is -2.03. The molecule has 1 aliphatic carbocycles. The van der Waals surface area contributed by atoms with Crippen molar-refractivity contribution in [3.8, 4) is 5.88 Å². The predicted octanol–water partition coefficient (Wildman–Crippen LogP) is 2.24. The Bertz CT molecular complexity index is 348. The third kappa shape index (κ3) is 1.45. The number of methoxy groups -OCH3 is 1. The van der Waals surface area contributed by atoms with Gasteiger partial charge in [-0.05, 0) is 25.2 Å². The third-order valence-corrected chi connectivity index (χ3v) is 3.73. The van der Waals surface area contributed by atoms with E-state index in [0.717, 1.165) is 22.8 Å². The Morgan fingerprint density at radius 1 is 1.64 bits per heavy atom. The molecule has 0 spiro atoms. The Morgan fingerprint density at radius 3 is 2.86 bits per heavy atom. The van der Waals surface area contributed by atoms with E-state index in [0.29, 0.717) is 5.92 Å². The molecule has 0 amide bonds. The van der Waals surface area contributed by atoms with Crippen molar-refractivity contribution in [2.45, 2.75) is 19.3 Å². The van der Waals surface area contributed by atoms with E-state index in [4.69, 9.17) is 4.74 Å². The summed E-state index contributed by atoms with van der Waals surface area (Å²) in [7, 11) is 3.65. The zero-order chi connectivity index (χ0) is 10.3. The van der Waals surface area contributed by atoms with Gasteiger partial charge in [0.05, 0.1) is 12.8 Å². The van der Waals surface area contributed by atoms with Gasteiger partial charge in [-0.3, -0.25) is 0 Å². The predicted molar refractivity (Wildman–Crippen MR) is 59.1 cm³/mol. The fourth-order valence-electron chi connectivity index (χ4n) is 2.09. The third-order valence-electron chi connectivity index (χ3n) is 2.90. The summed E-state index contributed by atoms with van der Waals surface area (Å²) in [5.74, 6) is 2.35. The van der Waals surface area contributed by atoms with Gasteiger partial charge in [-0.25, -0.2) is 4.68 Å². The minimum absolute atomic E-state index is 0.651. The first kappa shape index (κ1) is 10.0. The van der Waals surface area contributed by atoms with E-state index in [2.05, 4.69) is 28.0 Å². The zero-order valence-corrected chi connectivity index (χ0v) is 10.3. The van der Waals surface area contributed by atoms with Gasteiger partial charge in [0, 0.05) is 17.9 Å². The van der Waals surface area contributed by atoms with Crippen molar-refractivity contribution in [2.24, 2.45) is 13.0 Å². The van der Waals surface area contributed by atoms with Crippen molar-refractivity contribution in [3.05, 3.63) is 11.3 Å². The van der Waals surface area contributed by atoms with Crippen LogP contribution >= 0.6 is 15.9 Å². The Hall–Kier alpha value is -0.510. The first-order valence-corrected chi connectivity index (χ1v) is 5.94.